The number of ether oxygens (including phenoxy) is 1. The highest BCUT2D eigenvalue weighted by Crippen LogP contribution is 2.20. The Bertz CT molecular complexity index is 893. The van der Waals surface area contributed by atoms with Crippen molar-refractivity contribution in [1.29, 1.82) is 0 Å². The highest BCUT2D eigenvalue weighted by molar-refractivity contribution is 5.78. The molecular formula is C22H29FN6O2. The number of nitrogens with zero attached hydrogens (tertiary/aromatic N) is 6. The number of carbonyl (C=O) groups excluding carboxylic acids is 1. The van der Waals surface area contributed by atoms with Crippen molar-refractivity contribution in [2.45, 2.75) is 6.92 Å². The Morgan fingerprint density at radius 3 is 2.29 bits per heavy atom. The Balaban J connectivity index is 1.32. The SMILES string of the molecule is Cc1cc(N2CCN(C)CC2)nc(N2CCN(C(=O)COc3ccc(F)cc3)CC2)n1. The Morgan fingerprint density at radius 1 is 0.968 bits per heavy atom. The van der Waals surface area contributed by atoms with Gasteiger partial charge in [0.05, 0.1) is 0 Å². The zero-order valence-corrected chi connectivity index (χ0v) is 18.1. The lowest BCUT2D eigenvalue weighted by Gasteiger charge is -2.36. The largest absolute Gasteiger partial charge is 0.484 e. The molecule has 1 aromatic heterocycles. The molecule has 1 amide bonds. The number of rotatable bonds is 5. The second kappa shape index (κ2) is 9.47. The molecule has 2 aliphatic rings. The third kappa shape index (κ3) is 5.41. The summed E-state index contributed by atoms with van der Waals surface area (Å²) in [7, 11) is 2.14. The number of piperazine rings is 2. The molecule has 1 aromatic carbocycles. The van der Waals surface area contributed by atoms with Crippen LogP contribution in [0.15, 0.2) is 30.3 Å². The minimum absolute atomic E-state index is 0.0554. The van der Waals surface area contributed by atoms with Gasteiger partial charge in [-0.25, -0.2) is 9.37 Å². The Labute approximate surface area is 182 Å². The third-order valence-corrected chi connectivity index (χ3v) is 5.75. The molecule has 0 aliphatic carbocycles. The molecular weight excluding hydrogens is 399 g/mol. The van der Waals surface area contributed by atoms with Gasteiger partial charge in [0, 0.05) is 64.1 Å². The molecule has 4 rings (SSSR count). The predicted molar refractivity (Wildman–Crippen MR) is 117 cm³/mol. The number of amides is 1. The summed E-state index contributed by atoms with van der Waals surface area (Å²) in [5.74, 6) is 1.78. The molecule has 0 saturated carbocycles. The minimum Gasteiger partial charge on any atom is -0.484 e. The minimum atomic E-state index is -0.330. The van der Waals surface area contributed by atoms with E-state index in [9.17, 15) is 9.18 Å². The predicted octanol–water partition coefficient (Wildman–Crippen LogP) is 1.40. The average Bonchev–Trinajstić information content (AvgIpc) is 2.78. The molecule has 0 N–H and O–H groups in total. The van der Waals surface area contributed by atoms with Gasteiger partial charge in [-0.05, 0) is 38.2 Å². The third-order valence-electron chi connectivity index (χ3n) is 5.75. The number of hydrogen-bond acceptors (Lipinski definition) is 7. The topological polar surface area (TPSA) is 65.0 Å². The molecule has 31 heavy (non-hydrogen) atoms. The maximum atomic E-state index is 13.0. The highest BCUT2D eigenvalue weighted by Gasteiger charge is 2.24. The quantitative estimate of drug-likeness (QED) is 0.713. The van der Waals surface area contributed by atoms with Crippen LogP contribution in [0.3, 0.4) is 0 Å². The monoisotopic (exact) mass is 428 g/mol. The summed E-state index contributed by atoms with van der Waals surface area (Å²) >= 11 is 0. The molecule has 9 heteroatoms. The van der Waals surface area contributed by atoms with Gasteiger partial charge in [-0.3, -0.25) is 4.79 Å². The summed E-state index contributed by atoms with van der Waals surface area (Å²) in [6, 6.07) is 7.72. The summed E-state index contributed by atoms with van der Waals surface area (Å²) in [6.07, 6.45) is 0. The van der Waals surface area contributed by atoms with E-state index in [-0.39, 0.29) is 18.3 Å². The van der Waals surface area contributed by atoms with Crippen molar-refractivity contribution in [2.24, 2.45) is 0 Å². The van der Waals surface area contributed by atoms with Gasteiger partial charge in [0.1, 0.15) is 17.4 Å². The Morgan fingerprint density at radius 2 is 1.61 bits per heavy atom. The molecule has 2 aliphatic heterocycles. The molecule has 166 valence electrons. The lowest BCUT2D eigenvalue weighted by Crippen LogP contribution is -2.50. The van der Waals surface area contributed by atoms with Crippen LogP contribution in [0.2, 0.25) is 0 Å². The fourth-order valence-corrected chi connectivity index (χ4v) is 3.80. The summed E-state index contributed by atoms with van der Waals surface area (Å²) in [5, 5.41) is 0. The molecule has 0 atom stereocenters. The van der Waals surface area contributed by atoms with Gasteiger partial charge < -0.3 is 24.3 Å². The smallest absolute Gasteiger partial charge is 0.260 e. The van der Waals surface area contributed by atoms with Gasteiger partial charge in [-0.15, -0.1) is 0 Å². The fourth-order valence-electron chi connectivity index (χ4n) is 3.80. The molecule has 0 spiro atoms. The maximum Gasteiger partial charge on any atom is 0.260 e. The molecule has 3 heterocycles. The van der Waals surface area contributed by atoms with Crippen molar-refractivity contribution in [2.75, 3.05) is 75.8 Å². The first-order valence-corrected chi connectivity index (χ1v) is 10.7. The van der Waals surface area contributed by atoms with Gasteiger partial charge in [0.25, 0.3) is 5.91 Å². The standard InChI is InChI=1S/C22H29FN6O2/c1-17-15-20(27-9-7-26(2)8-10-27)25-22(24-17)29-13-11-28(12-14-29)21(30)16-31-19-5-3-18(23)4-6-19/h3-6,15H,7-14,16H2,1-2H3. The number of halogens is 1. The summed E-state index contributed by atoms with van der Waals surface area (Å²) in [6.45, 7) is 8.45. The number of hydrogen-bond donors (Lipinski definition) is 0. The molecule has 0 radical (unpaired) electrons. The van der Waals surface area contributed by atoms with E-state index in [0.29, 0.717) is 31.9 Å². The van der Waals surface area contributed by atoms with E-state index >= 15 is 0 Å². The number of aromatic nitrogens is 2. The van der Waals surface area contributed by atoms with E-state index in [1.54, 1.807) is 4.90 Å². The molecule has 2 aromatic rings. The zero-order valence-electron chi connectivity index (χ0n) is 18.1. The lowest BCUT2D eigenvalue weighted by atomic mass is 10.3. The Hall–Kier alpha value is -2.94. The maximum absolute atomic E-state index is 13.0. The van der Waals surface area contributed by atoms with Gasteiger partial charge in [0.15, 0.2) is 6.61 Å². The van der Waals surface area contributed by atoms with Crippen molar-refractivity contribution in [3.05, 3.63) is 41.8 Å². The van der Waals surface area contributed by atoms with E-state index in [1.807, 2.05) is 13.0 Å². The van der Waals surface area contributed by atoms with E-state index in [0.717, 1.165) is 43.6 Å². The van der Waals surface area contributed by atoms with Crippen LogP contribution in [-0.2, 0) is 4.79 Å². The fraction of sp³-hybridized carbons (Fsp3) is 0.500. The Kier molecular flexibility index (Phi) is 6.50. The average molecular weight is 429 g/mol. The van der Waals surface area contributed by atoms with Crippen LogP contribution in [-0.4, -0.2) is 91.7 Å². The van der Waals surface area contributed by atoms with Crippen molar-refractivity contribution in [3.8, 4) is 5.75 Å². The van der Waals surface area contributed by atoms with Crippen LogP contribution in [0.4, 0.5) is 16.2 Å². The van der Waals surface area contributed by atoms with Gasteiger partial charge in [-0.1, -0.05) is 0 Å². The van der Waals surface area contributed by atoms with Crippen LogP contribution in [0, 0.1) is 12.7 Å². The molecule has 0 unspecified atom stereocenters. The van der Waals surface area contributed by atoms with Crippen molar-refractivity contribution < 1.29 is 13.9 Å². The first-order chi connectivity index (χ1) is 15.0. The first-order valence-electron chi connectivity index (χ1n) is 10.7. The number of anilines is 2. The molecule has 0 bridgehead atoms. The molecule has 2 fully saturated rings. The van der Waals surface area contributed by atoms with E-state index in [4.69, 9.17) is 9.72 Å². The number of likely N-dealkylation sites (N-methyl/N-ethyl adjacent to an activating group) is 1. The van der Waals surface area contributed by atoms with Crippen LogP contribution in [0.25, 0.3) is 0 Å². The molecule has 2 saturated heterocycles. The van der Waals surface area contributed by atoms with Crippen LogP contribution < -0.4 is 14.5 Å². The molecule has 8 nitrogen and oxygen atoms in total. The van der Waals surface area contributed by atoms with Crippen LogP contribution >= 0.6 is 0 Å². The van der Waals surface area contributed by atoms with Crippen LogP contribution in [0.5, 0.6) is 5.75 Å². The number of carbonyl (C=O) groups is 1. The van der Waals surface area contributed by atoms with E-state index < -0.39 is 0 Å². The highest BCUT2D eigenvalue weighted by atomic mass is 19.1. The van der Waals surface area contributed by atoms with Gasteiger partial charge >= 0.3 is 0 Å². The number of aryl methyl sites for hydroxylation is 1. The number of benzene rings is 1. The van der Waals surface area contributed by atoms with Crippen molar-refractivity contribution >= 4 is 17.7 Å². The second-order valence-corrected chi connectivity index (χ2v) is 8.07. The normalized spacial score (nSPS) is 17.7. The summed E-state index contributed by atoms with van der Waals surface area (Å²) in [5.41, 5.74) is 0.949. The summed E-state index contributed by atoms with van der Waals surface area (Å²) in [4.78, 5) is 30.5. The lowest BCUT2D eigenvalue weighted by molar-refractivity contribution is -0.133. The van der Waals surface area contributed by atoms with Crippen molar-refractivity contribution in [1.82, 2.24) is 19.8 Å². The van der Waals surface area contributed by atoms with E-state index in [2.05, 4.69) is 26.7 Å². The van der Waals surface area contributed by atoms with Crippen molar-refractivity contribution in [3.63, 3.8) is 0 Å². The van der Waals surface area contributed by atoms with Gasteiger partial charge in [0.2, 0.25) is 5.95 Å². The van der Waals surface area contributed by atoms with Crippen LogP contribution in [0.1, 0.15) is 5.69 Å². The van der Waals surface area contributed by atoms with Gasteiger partial charge in [-0.2, -0.15) is 4.98 Å². The summed E-state index contributed by atoms with van der Waals surface area (Å²) < 4.78 is 18.5. The zero-order chi connectivity index (χ0) is 21.8. The first kappa shape index (κ1) is 21.3. The van der Waals surface area contributed by atoms with E-state index in [1.165, 1.54) is 24.3 Å². The second-order valence-electron chi connectivity index (χ2n) is 8.07.